The molecule has 1 aromatic rings. The number of allylic oxidation sites excluding steroid dienone is 3. The van der Waals surface area contributed by atoms with Crippen LogP contribution in [0.4, 0.5) is 0 Å². The van der Waals surface area contributed by atoms with E-state index in [-0.39, 0.29) is 10.8 Å². The van der Waals surface area contributed by atoms with Crippen LogP contribution in [0.15, 0.2) is 52.6 Å². The molecule has 1 heterocycles. The summed E-state index contributed by atoms with van der Waals surface area (Å²) in [5.74, 6) is 2.62. The standard InChI is InChI=1S/C26H31NOS/c1-25-15-13-21-23(29-24(27-21)16-6-4-3-5-7-16)20(25)9-8-17-18-10-11-22(28)26(18,2)14-12-19(17)25/h3-7,9,17-19,27,29H,8,10-15H2,1-2H3/t17-,18-,19-,25+,26-/m0/s1. The predicted octanol–water partition coefficient (Wildman–Crippen LogP) is 5.59. The van der Waals surface area contributed by atoms with Crippen molar-refractivity contribution < 1.29 is 4.79 Å². The Morgan fingerprint density at radius 1 is 1.00 bits per heavy atom. The molecule has 152 valence electrons. The second kappa shape index (κ2) is 6.20. The Kier molecular flexibility index (Phi) is 3.89. The highest BCUT2D eigenvalue weighted by Crippen LogP contribution is 2.65. The Bertz CT molecular complexity index is 989. The summed E-state index contributed by atoms with van der Waals surface area (Å²) in [4.78, 5) is 15.6. The number of benzene rings is 1. The predicted molar refractivity (Wildman–Crippen MR) is 122 cm³/mol. The summed E-state index contributed by atoms with van der Waals surface area (Å²) >= 11 is 1.35. The zero-order valence-electron chi connectivity index (χ0n) is 17.5. The third-order valence-corrected chi connectivity index (χ3v) is 10.5. The number of nitrogens with one attached hydrogen (secondary N) is 1. The van der Waals surface area contributed by atoms with Gasteiger partial charge in [0.15, 0.2) is 0 Å². The average molecular weight is 406 g/mol. The summed E-state index contributed by atoms with van der Waals surface area (Å²) in [6.45, 7) is 4.84. The molecule has 6 rings (SSSR count). The van der Waals surface area contributed by atoms with Gasteiger partial charge in [0.25, 0.3) is 0 Å². The van der Waals surface area contributed by atoms with Gasteiger partial charge in [0.1, 0.15) is 5.78 Å². The van der Waals surface area contributed by atoms with Gasteiger partial charge in [-0.1, -0.05) is 50.3 Å². The highest BCUT2D eigenvalue weighted by atomic mass is 32.1. The summed E-state index contributed by atoms with van der Waals surface area (Å²) < 4.78 is 0. The summed E-state index contributed by atoms with van der Waals surface area (Å²) in [6, 6.07) is 10.8. The maximum atomic E-state index is 12.7. The Hall–Kier alpha value is -1.61. The monoisotopic (exact) mass is 405 g/mol. The molecule has 5 atom stereocenters. The van der Waals surface area contributed by atoms with Crippen LogP contribution in [-0.4, -0.2) is 10.8 Å². The number of fused-ring (bicyclic) bond motifs is 6. The lowest BCUT2D eigenvalue weighted by Crippen LogP contribution is -2.49. The fourth-order valence-electron chi connectivity index (χ4n) is 7.48. The first-order valence-electron chi connectivity index (χ1n) is 11.4. The van der Waals surface area contributed by atoms with Gasteiger partial charge in [-0.05, 0) is 67.3 Å². The second-order valence-electron chi connectivity index (χ2n) is 10.3. The number of rotatable bonds is 1. The largest absolute Gasteiger partial charge is 0.353 e. The Labute approximate surface area is 177 Å². The number of hydrogen-bond acceptors (Lipinski definition) is 2. The molecule has 1 N–H and O–H groups in total. The molecule has 2 saturated carbocycles. The maximum absolute atomic E-state index is 12.7. The van der Waals surface area contributed by atoms with Gasteiger partial charge < -0.3 is 5.32 Å². The van der Waals surface area contributed by atoms with Crippen LogP contribution in [0.3, 0.4) is 0 Å². The lowest BCUT2D eigenvalue weighted by molar-refractivity contribution is -0.131. The zero-order chi connectivity index (χ0) is 19.8. The molecular weight excluding hydrogens is 374 g/mol. The molecule has 1 aliphatic heterocycles. The number of carbonyl (C=O) groups excluding carboxylic acids is 1. The molecule has 0 spiro atoms. The topological polar surface area (TPSA) is 29.1 Å². The molecule has 0 amide bonds. The lowest BCUT2D eigenvalue weighted by Gasteiger charge is -2.56. The van der Waals surface area contributed by atoms with E-state index in [4.69, 9.17) is 0 Å². The number of carbonyl (C=O) groups is 1. The van der Waals surface area contributed by atoms with Crippen molar-refractivity contribution in [3.05, 3.63) is 58.1 Å². The second-order valence-corrected chi connectivity index (χ2v) is 11.5. The fourth-order valence-corrected chi connectivity index (χ4v) is 8.95. The van der Waals surface area contributed by atoms with Crippen LogP contribution in [0, 0.1) is 28.6 Å². The Morgan fingerprint density at radius 2 is 1.79 bits per heavy atom. The summed E-state index contributed by atoms with van der Waals surface area (Å²) in [7, 11) is 0. The molecule has 4 aliphatic carbocycles. The zero-order valence-corrected chi connectivity index (χ0v) is 18.4. The number of thiol groups is 1. The SMILES string of the molecule is C[C@]12CCC3=C([SH]=C(c4ccccc4)N3)C1=CC[C@@H]1[C@@H]2CC[C@]2(C)C(=O)CC[C@@H]12. The smallest absolute Gasteiger partial charge is 0.139 e. The molecule has 5 aliphatic rings. The summed E-state index contributed by atoms with van der Waals surface area (Å²) in [5.41, 5.74) is 4.67. The highest BCUT2D eigenvalue weighted by molar-refractivity contribution is 8.03. The van der Waals surface area contributed by atoms with Crippen molar-refractivity contribution in [2.45, 2.75) is 58.8 Å². The van der Waals surface area contributed by atoms with Gasteiger partial charge in [-0.25, -0.2) is 0 Å². The van der Waals surface area contributed by atoms with E-state index >= 15 is 0 Å². The van der Waals surface area contributed by atoms with E-state index < -0.39 is 0 Å². The molecule has 0 bridgehead atoms. The van der Waals surface area contributed by atoms with E-state index in [0.717, 1.165) is 31.6 Å². The van der Waals surface area contributed by atoms with Crippen molar-refractivity contribution in [3.63, 3.8) is 0 Å². The van der Waals surface area contributed by atoms with Crippen LogP contribution >= 0.6 is 11.4 Å². The van der Waals surface area contributed by atoms with Crippen LogP contribution in [0.5, 0.6) is 0 Å². The van der Waals surface area contributed by atoms with Crippen LogP contribution in [0.1, 0.15) is 64.4 Å². The van der Waals surface area contributed by atoms with Crippen molar-refractivity contribution in [3.8, 4) is 0 Å². The number of hydrogen-bond donors (Lipinski definition) is 2. The molecule has 1 aromatic carbocycles. The summed E-state index contributed by atoms with van der Waals surface area (Å²) in [5, 5.41) is 3.78. The average Bonchev–Trinajstić information content (AvgIpc) is 3.29. The normalized spacial score (nSPS) is 40.6. The van der Waals surface area contributed by atoms with Crippen molar-refractivity contribution in [2.24, 2.45) is 28.6 Å². The summed E-state index contributed by atoms with van der Waals surface area (Å²) in [6.07, 6.45) is 10.5. The van der Waals surface area contributed by atoms with Crippen LogP contribution in [-0.2, 0) is 4.79 Å². The van der Waals surface area contributed by atoms with Crippen molar-refractivity contribution in [1.29, 1.82) is 0 Å². The molecule has 0 saturated heterocycles. The maximum Gasteiger partial charge on any atom is 0.139 e. The molecule has 2 fully saturated rings. The number of ketones is 1. The molecular formula is C26H31NOS. The van der Waals surface area contributed by atoms with Gasteiger partial charge >= 0.3 is 0 Å². The van der Waals surface area contributed by atoms with E-state index in [1.54, 1.807) is 10.5 Å². The molecule has 29 heavy (non-hydrogen) atoms. The first kappa shape index (κ1) is 18.2. The first-order valence-corrected chi connectivity index (χ1v) is 12.3. The van der Waals surface area contributed by atoms with Gasteiger partial charge in [0.2, 0.25) is 0 Å². The minimum Gasteiger partial charge on any atom is -0.353 e. The molecule has 0 unspecified atom stereocenters. The lowest BCUT2D eigenvalue weighted by atomic mass is 9.48. The van der Waals surface area contributed by atoms with Gasteiger partial charge in [-0.2, -0.15) is 0 Å². The fraction of sp³-hybridized carbons (Fsp3) is 0.538. The van der Waals surface area contributed by atoms with Crippen molar-refractivity contribution in [2.75, 3.05) is 0 Å². The van der Waals surface area contributed by atoms with E-state index in [1.807, 2.05) is 0 Å². The quantitative estimate of drug-likeness (QED) is 0.471. The third kappa shape index (κ3) is 2.43. The van der Waals surface area contributed by atoms with Crippen LogP contribution in [0.2, 0.25) is 0 Å². The molecule has 2 nitrogen and oxygen atoms in total. The molecule has 3 heteroatoms. The Balaban J connectivity index is 1.37. The van der Waals surface area contributed by atoms with Crippen LogP contribution in [0.25, 0.3) is 0 Å². The molecule has 0 aromatic heterocycles. The van der Waals surface area contributed by atoms with E-state index in [1.165, 1.54) is 46.9 Å². The Morgan fingerprint density at radius 3 is 2.62 bits per heavy atom. The van der Waals surface area contributed by atoms with Gasteiger partial charge in [-0.3, -0.25) is 4.79 Å². The van der Waals surface area contributed by atoms with E-state index in [0.29, 0.717) is 17.6 Å². The van der Waals surface area contributed by atoms with E-state index in [2.05, 4.69) is 55.6 Å². The van der Waals surface area contributed by atoms with Gasteiger partial charge in [0.05, 0.1) is 4.99 Å². The van der Waals surface area contributed by atoms with E-state index in [9.17, 15) is 4.79 Å². The minimum atomic E-state index is -0.0244. The first-order chi connectivity index (χ1) is 14.0. The van der Waals surface area contributed by atoms with Crippen molar-refractivity contribution >= 4 is 22.1 Å². The molecule has 0 radical (unpaired) electrons. The highest BCUT2D eigenvalue weighted by Gasteiger charge is 2.58. The number of Topliss-reactive ketones (excluding diaryl/α,β-unsaturated/α-hetero) is 1. The third-order valence-electron chi connectivity index (χ3n) is 9.15. The van der Waals surface area contributed by atoms with Gasteiger partial charge in [-0.15, -0.1) is 11.4 Å². The minimum absolute atomic E-state index is 0.0244. The van der Waals surface area contributed by atoms with Crippen molar-refractivity contribution in [1.82, 2.24) is 5.32 Å². The van der Waals surface area contributed by atoms with Gasteiger partial charge in [0, 0.05) is 28.0 Å². The van der Waals surface area contributed by atoms with Crippen LogP contribution < -0.4 is 5.32 Å².